The van der Waals surface area contributed by atoms with Crippen LogP contribution in [-0.4, -0.2) is 5.91 Å². The van der Waals surface area contributed by atoms with Crippen molar-refractivity contribution in [1.82, 2.24) is 0 Å². The molecule has 0 aliphatic carbocycles. The number of amides is 1. The van der Waals surface area contributed by atoms with Gasteiger partial charge in [0.15, 0.2) is 0 Å². The highest BCUT2D eigenvalue weighted by Gasteiger charge is 2.19. The lowest BCUT2D eigenvalue weighted by atomic mass is 10.0. The average molecular weight is 319 g/mol. The van der Waals surface area contributed by atoms with Gasteiger partial charge in [-0.15, -0.1) is 0 Å². The predicted molar refractivity (Wildman–Crippen MR) is 80.9 cm³/mol. The number of para-hydroxylation sites is 1. The average Bonchev–Trinajstić information content (AvgIpc) is 2.38. The van der Waals surface area contributed by atoms with E-state index >= 15 is 0 Å². The second-order valence-electron chi connectivity index (χ2n) is 4.32. The molecule has 3 N–H and O–H groups in total. The van der Waals surface area contributed by atoms with E-state index in [1.807, 2.05) is 55.5 Å². The molecule has 1 amide bonds. The molecule has 98 valence electrons. The van der Waals surface area contributed by atoms with E-state index in [1.165, 1.54) is 0 Å². The van der Waals surface area contributed by atoms with E-state index in [-0.39, 0.29) is 0 Å². The van der Waals surface area contributed by atoms with Crippen molar-refractivity contribution in [2.45, 2.75) is 13.0 Å². The standard InChI is InChI=1S/C15H15BrN2O/c1-10-6-2-3-7-11(10)14(15(17)19)18-13-9-5-4-8-12(13)16/h2-9,14,18H,1H3,(H2,17,19). The molecule has 0 bridgehead atoms. The summed E-state index contributed by atoms with van der Waals surface area (Å²) in [5.41, 5.74) is 8.29. The van der Waals surface area contributed by atoms with Crippen molar-refractivity contribution in [3.05, 3.63) is 64.1 Å². The Morgan fingerprint density at radius 2 is 1.79 bits per heavy atom. The zero-order chi connectivity index (χ0) is 13.8. The zero-order valence-electron chi connectivity index (χ0n) is 10.6. The number of rotatable bonds is 4. The summed E-state index contributed by atoms with van der Waals surface area (Å²) in [5, 5.41) is 3.18. The highest BCUT2D eigenvalue weighted by molar-refractivity contribution is 9.10. The van der Waals surface area contributed by atoms with Gasteiger partial charge >= 0.3 is 0 Å². The second-order valence-corrected chi connectivity index (χ2v) is 5.17. The topological polar surface area (TPSA) is 55.1 Å². The van der Waals surface area contributed by atoms with Gasteiger partial charge in [0.1, 0.15) is 6.04 Å². The number of aryl methyl sites for hydroxylation is 1. The molecule has 2 rings (SSSR count). The van der Waals surface area contributed by atoms with Crippen LogP contribution in [0, 0.1) is 6.92 Å². The van der Waals surface area contributed by atoms with Crippen LogP contribution in [0.15, 0.2) is 53.0 Å². The Kier molecular flexibility index (Phi) is 4.22. The molecular formula is C15H15BrN2O. The molecule has 2 aromatic rings. The first-order valence-corrected chi connectivity index (χ1v) is 6.75. The third-order valence-electron chi connectivity index (χ3n) is 2.96. The molecule has 0 saturated heterocycles. The van der Waals surface area contributed by atoms with E-state index in [0.29, 0.717) is 0 Å². The van der Waals surface area contributed by atoms with Gasteiger partial charge in [-0.05, 0) is 46.1 Å². The van der Waals surface area contributed by atoms with Crippen LogP contribution in [0.1, 0.15) is 17.2 Å². The molecule has 0 aromatic heterocycles. The molecule has 19 heavy (non-hydrogen) atoms. The van der Waals surface area contributed by atoms with Crippen molar-refractivity contribution in [3.63, 3.8) is 0 Å². The minimum atomic E-state index is -0.542. The van der Waals surface area contributed by atoms with Crippen LogP contribution in [-0.2, 0) is 4.79 Å². The van der Waals surface area contributed by atoms with Gasteiger partial charge in [0.05, 0.1) is 0 Å². The highest BCUT2D eigenvalue weighted by atomic mass is 79.9. The Labute approximate surface area is 121 Å². The van der Waals surface area contributed by atoms with E-state index in [0.717, 1.165) is 21.3 Å². The lowest BCUT2D eigenvalue weighted by Crippen LogP contribution is -2.28. The van der Waals surface area contributed by atoms with Crippen LogP contribution in [0.25, 0.3) is 0 Å². The molecular weight excluding hydrogens is 304 g/mol. The van der Waals surface area contributed by atoms with Gasteiger partial charge in [-0.3, -0.25) is 4.79 Å². The van der Waals surface area contributed by atoms with Gasteiger partial charge in [0.2, 0.25) is 5.91 Å². The molecule has 0 spiro atoms. The zero-order valence-corrected chi connectivity index (χ0v) is 12.1. The van der Waals surface area contributed by atoms with Crippen molar-refractivity contribution < 1.29 is 4.79 Å². The largest absolute Gasteiger partial charge is 0.369 e. The number of halogens is 1. The monoisotopic (exact) mass is 318 g/mol. The maximum atomic E-state index is 11.7. The Morgan fingerprint density at radius 1 is 1.16 bits per heavy atom. The van der Waals surface area contributed by atoms with Crippen LogP contribution in [0.5, 0.6) is 0 Å². The molecule has 1 atom stereocenters. The SMILES string of the molecule is Cc1ccccc1C(Nc1ccccc1Br)C(N)=O. The lowest BCUT2D eigenvalue weighted by Gasteiger charge is -2.19. The van der Waals surface area contributed by atoms with Gasteiger partial charge in [-0.1, -0.05) is 36.4 Å². The summed E-state index contributed by atoms with van der Waals surface area (Å²) in [6.07, 6.45) is 0. The number of anilines is 1. The predicted octanol–water partition coefficient (Wildman–Crippen LogP) is 3.40. The van der Waals surface area contributed by atoms with E-state index in [9.17, 15) is 4.79 Å². The minimum absolute atomic E-state index is 0.398. The van der Waals surface area contributed by atoms with Gasteiger partial charge in [-0.25, -0.2) is 0 Å². The summed E-state index contributed by atoms with van der Waals surface area (Å²) in [6.45, 7) is 1.97. The van der Waals surface area contributed by atoms with Gasteiger partial charge < -0.3 is 11.1 Å². The number of nitrogens with one attached hydrogen (secondary N) is 1. The van der Waals surface area contributed by atoms with Gasteiger partial charge in [0.25, 0.3) is 0 Å². The first kappa shape index (κ1) is 13.6. The number of primary amides is 1. The van der Waals surface area contributed by atoms with Gasteiger partial charge in [-0.2, -0.15) is 0 Å². The Balaban J connectivity index is 2.35. The van der Waals surface area contributed by atoms with E-state index in [2.05, 4.69) is 21.2 Å². The highest BCUT2D eigenvalue weighted by Crippen LogP contribution is 2.27. The van der Waals surface area contributed by atoms with Crippen LogP contribution in [0.3, 0.4) is 0 Å². The van der Waals surface area contributed by atoms with Gasteiger partial charge in [0, 0.05) is 10.2 Å². The number of carbonyl (C=O) groups is 1. The third kappa shape index (κ3) is 3.15. The fourth-order valence-electron chi connectivity index (χ4n) is 1.95. The van der Waals surface area contributed by atoms with Crippen LogP contribution >= 0.6 is 15.9 Å². The summed E-state index contributed by atoms with van der Waals surface area (Å²) in [6, 6.07) is 14.8. The molecule has 0 saturated carbocycles. The summed E-state index contributed by atoms with van der Waals surface area (Å²) < 4.78 is 0.898. The second kappa shape index (κ2) is 5.89. The molecule has 0 aliphatic heterocycles. The normalized spacial score (nSPS) is 11.9. The number of carbonyl (C=O) groups excluding carboxylic acids is 1. The molecule has 4 heteroatoms. The van der Waals surface area contributed by atoms with Crippen molar-refractivity contribution in [3.8, 4) is 0 Å². The molecule has 1 unspecified atom stereocenters. The maximum absolute atomic E-state index is 11.7. The lowest BCUT2D eigenvalue weighted by molar-refractivity contribution is -0.118. The van der Waals surface area contributed by atoms with Crippen LogP contribution in [0.4, 0.5) is 5.69 Å². The van der Waals surface area contributed by atoms with Crippen molar-refractivity contribution >= 4 is 27.5 Å². The molecule has 0 aliphatic rings. The summed E-state index contributed by atoms with van der Waals surface area (Å²) in [5.74, 6) is -0.398. The minimum Gasteiger partial charge on any atom is -0.369 e. The Morgan fingerprint density at radius 3 is 2.42 bits per heavy atom. The summed E-state index contributed by atoms with van der Waals surface area (Å²) in [7, 11) is 0. The summed E-state index contributed by atoms with van der Waals surface area (Å²) in [4.78, 5) is 11.7. The first-order chi connectivity index (χ1) is 9.09. The number of nitrogens with two attached hydrogens (primary N) is 1. The molecule has 0 heterocycles. The third-order valence-corrected chi connectivity index (χ3v) is 3.65. The molecule has 3 nitrogen and oxygen atoms in total. The molecule has 0 radical (unpaired) electrons. The van der Waals surface area contributed by atoms with Crippen molar-refractivity contribution in [2.75, 3.05) is 5.32 Å². The number of hydrogen-bond acceptors (Lipinski definition) is 2. The van der Waals surface area contributed by atoms with E-state index < -0.39 is 11.9 Å². The molecule has 0 fully saturated rings. The Bertz CT molecular complexity index is 598. The van der Waals surface area contributed by atoms with Crippen molar-refractivity contribution in [1.29, 1.82) is 0 Å². The fraction of sp³-hybridized carbons (Fsp3) is 0.133. The maximum Gasteiger partial charge on any atom is 0.244 e. The molecule has 2 aromatic carbocycles. The quantitative estimate of drug-likeness (QED) is 0.907. The van der Waals surface area contributed by atoms with E-state index in [1.54, 1.807) is 0 Å². The van der Waals surface area contributed by atoms with Crippen LogP contribution < -0.4 is 11.1 Å². The summed E-state index contributed by atoms with van der Waals surface area (Å²) >= 11 is 3.45. The Hall–Kier alpha value is -1.81. The number of hydrogen-bond donors (Lipinski definition) is 2. The first-order valence-electron chi connectivity index (χ1n) is 5.95. The fourth-order valence-corrected chi connectivity index (χ4v) is 2.35. The smallest absolute Gasteiger partial charge is 0.244 e. The van der Waals surface area contributed by atoms with Crippen LogP contribution in [0.2, 0.25) is 0 Å². The van der Waals surface area contributed by atoms with Crippen molar-refractivity contribution in [2.24, 2.45) is 5.73 Å². The van der Waals surface area contributed by atoms with E-state index in [4.69, 9.17) is 5.73 Å². The number of benzene rings is 2.